The van der Waals surface area contributed by atoms with Crippen molar-refractivity contribution in [1.82, 2.24) is 10.2 Å². The summed E-state index contributed by atoms with van der Waals surface area (Å²) in [4.78, 5) is 24.5. The number of carbonyl (C=O) groups excluding carboxylic acids is 1. The smallest absolute Gasteiger partial charge is 0.317 e. The number of carboxylic acids is 1. The SMILES string of the molecule is CC(CCNC(=O)N(C)C1CCCCC1C)C(=O)O. The standard InChI is InChI=1S/C14H26N2O3/c1-10-6-4-5-7-12(10)16(3)14(19)15-9-8-11(2)13(17)18/h10-12H,4-9H2,1-3H3,(H,15,19)(H,17,18). The van der Waals surface area contributed by atoms with Crippen molar-refractivity contribution in [3.63, 3.8) is 0 Å². The first kappa shape index (κ1) is 15.8. The third kappa shape index (κ3) is 4.73. The lowest BCUT2D eigenvalue weighted by atomic mass is 9.85. The Hall–Kier alpha value is -1.26. The summed E-state index contributed by atoms with van der Waals surface area (Å²) in [5, 5.41) is 11.6. The minimum Gasteiger partial charge on any atom is -0.481 e. The molecule has 0 saturated heterocycles. The molecule has 0 spiro atoms. The van der Waals surface area contributed by atoms with Crippen LogP contribution < -0.4 is 5.32 Å². The van der Waals surface area contributed by atoms with Gasteiger partial charge in [-0.1, -0.05) is 26.7 Å². The average Bonchev–Trinajstić information content (AvgIpc) is 2.38. The van der Waals surface area contributed by atoms with Crippen LogP contribution in [-0.2, 0) is 4.79 Å². The van der Waals surface area contributed by atoms with Gasteiger partial charge in [-0.25, -0.2) is 4.79 Å². The van der Waals surface area contributed by atoms with Crippen molar-refractivity contribution in [2.45, 2.75) is 52.0 Å². The number of carboxylic acid groups (broad SMARTS) is 1. The zero-order valence-electron chi connectivity index (χ0n) is 12.2. The van der Waals surface area contributed by atoms with Gasteiger partial charge in [0.05, 0.1) is 5.92 Å². The highest BCUT2D eigenvalue weighted by Gasteiger charge is 2.27. The van der Waals surface area contributed by atoms with E-state index >= 15 is 0 Å². The van der Waals surface area contributed by atoms with Crippen LogP contribution in [0.25, 0.3) is 0 Å². The first-order valence-corrected chi connectivity index (χ1v) is 7.17. The number of carbonyl (C=O) groups is 2. The minimum atomic E-state index is -0.816. The highest BCUT2D eigenvalue weighted by Crippen LogP contribution is 2.27. The lowest BCUT2D eigenvalue weighted by Gasteiger charge is -2.36. The maximum Gasteiger partial charge on any atom is 0.317 e. The summed E-state index contributed by atoms with van der Waals surface area (Å²) in [5.74, 6) is -0.690. The molecular formula is C14H26N2O3. The van der Waals surface area contributed by atoms with E-state index in [0.717, 1.165) is 6.42 Å². The van der Waals surface area contributed by atoms with Crippen LogP contribution in [0, 0.1) is 11.8 Å². The van der Waals surface area contributed by atoms with Gasteiger partial charge in [0.1, 0.15) is 0 Å². The number of rotatable bonds is 5. The van der Waals surface area contributed by atoms with E-state index < -0.39 is 11.9 Å². The van der Waals surface area contributed by atoms with Crippen molar-refractivity contribution in [2.75, 3.05) is 13.6 Å². The van der Waals surface area contributed by atoms with E-state index in [2.05, 4.69) is 12.2 Å². The predicted octanol–water partition coefficient (Wildman–Crippen LogP) is 2.32. The van der Waals surface area contributed by atoms with Crippen LogP contribution in [0.3, 0.4) is 0 Å². The molecule has 1 saturated carbocycles. The number of nitrogens with one attached hydrogen (secondary N) is 1. The highest BCUT2D eigenvalue weighted by molar-refractivity contribution is 5.74. The summed E-state index contributed by atoms with van der Waals surface area (Å²) < 4.78 is 0. The summed E-state index contributed by atoms with van der Waals surface area (Å²) in [6.07, 6.45) is 5.15. The second kappa shape index (κ2) is 7.36. The predicted molar refractivity (Wildman–Crippen MR) is 74.0 cm³/mol. The van der Waals surface area contributed by atoms with Crippen LogP contribution in [0.4, 0.5) is 4.79 Å². The molecule has 0 aromatic rings. The fourth-order valence-electron chi connectivity index (χ4n) is 2.67. The molecule has 1 aliphatic rings. The Balaban J connectivity index is 2.34. The monoisotopic (exact) mass is 270 g/mol. The number of urea groups is 1. The van der Waals surface area contributed by atoms with Gasteiger partial charge in [-0.15, -0.1) is 0 Å². The molecule has 1 rings (SSSR count). The van der Waals surface area contributed by atoms with Gasteiger partial charge in [0.25, 0.3) is 0 Å². The van der Waals surface area contributed by atoms with Crippen LogP contribution in [0.1, 0.15) is 46.0 Å². The molecule has 0 heterocycles. The van der Waals surface area contributed by atoms with E-state index in [4.69, 9.17) is 5.11 Å². The van der Waals surface area contributed by atoms with E-state index in [0.29, 0.717) is 24.9 Å². The quantitative estimate of drug-likeness (QED) is 0.805. The molecule has 0 bridgehead atoms. The topological polar surface area (TPSA) is 69.6 Å². The number of aliphatic carboxylic acids is 1. The van der Waals surface area contributed by atoms with Crippen molar-refractivity contribution < 1.29 is 14.7 Å². The molecule has 3 atom stereocenters. The average molecular weight is 270 g/mol. The van der Waals surface area contributed by atoms with Gasteiger partial charge in [-0.2, -0.15) is 0 Å². The lowest BCUT2D eigenvalue weighted by Crippen LogP contribution is -2.47. The Morgan fingerprint density at radius 1 is 1.37 bits per heavy atom. The first-order chi connectivity index (χ1) is 8.93. The van der Waals surface area contributed by atoms with Crippen LogP contribution in [0.2, 0.25) is 0 Å². The molecule has 3 unspecified atom stereocenters. The lowest BCUT2D eigenvalue weighted by molar-refractivity contribution is -0.141. The van der Waals surface area contributed by atoms with Gasteiger partial charge < -0.3 is 15.3 Å². The molecule has 0 aromatic heterocycles. The zero-order chi connectivity index (χ0) is 14.4. The molecule has 1 fully saturated rings. The summed E-state index contributed by atoms with van der Waals surface area (Å²) in [6.45, 7) is 4.26. The van der Waals surface area contributed by atoms with Crippen LogP contribution >= 0.6 is 0 Å². The Morgan fingerprint density at radius 3 is 2.58 bits per heavy atom. The normalized spacial score (nSPS) is 24.6. The van der Waals surface area contributed by atoms with E-state index in [1.165, 1.54) is 19.3 Å². The molecule has 110 valence electrons. The largest absolute Gasteiger partial charge is 0.481 e. The molecular weight excluding hydrogens is 244 g/mol. The van der Waals surface area contributed by atoms with Gasteiger partial charge in [0.2, 0.25) is 0 Å². The molecule has 0 aliphatic heterocycles. The Morgan fingerprint density at radius 2 is 2.00 bits per heavy atom. The van der Waals surface area contributed by atoms with Gasteiger partial charge in [0.15, 0.2) is 0 Å². The van der Waals surface area contributed by atoms with E-state index in [-0.39, 0.29) is 6.03 Å². The number of amides is 2. The summed E-state index contributed by atoms with van der Waals surface area (Å²) >= 11 is 0. The van der Waals surface area contributed by atoms with E-state index in [9.17, 15) is 9.59 Å². The summed E-state index contributed by atoms with van der Waals surface area (Å²) in [7, 11) is 1.84. The second-order valence-corrected chi connectivity index (χ2v) is 5.70. The molecule has 2 amide bonds. The molecule has 5 heteroatoms. The van der Waals surface area contributed by atoms with Gasteiger partial charge in [-0.3, -0.25) is 4.79 Å². The molecule has 0 aromatic carbocycles. The molecule has 5 nitrogen and oxygen atoms in total. The maximum absolute atomic E-state index is 12.0. The molecule has 2 N–H and O–H groups in total. The van der Waals surface area contributed by atoms with Gasteiger partial charge >= 0.3 is 12.0 Å². The van der Waals surface area contributed by atoms with Crippen LogP contribution in [0.15, 0.2) is 0 Å². The highest BCUT2D eigenvalue weighted by atomic mass is 16.4. The number of hydrogen-bond donors (Lipinski definition) is 2. The Labute approximate surface area is 115 Å². The summed E-state index contributed by atoms with van der Waals surface area (Å²) in [5.41, 5.74) is 0. The van der Waals surface area contributed by atoms with Gasteiger partial charge in [0, 0.05) is 19.6 Å². The number of hydrogen-bond acceptors (Lipinski definition) is 2. The fourth-order valence-corrected chi connectivity index (χ4v) is 2.67. The minimum absolute atomic E-state index is 0.0867. The molecule has 0 radical (unpaired) electrons. The third-order valence-electron chi connectivity index (χ3n) is 4.16. The van der Waals surface area contributed by atoms with E-state index in [1.54, 1.807) is 11.8 Å². The Bertz CT molecular complexity index is 320. The van der Waals surface area contributed by atoms with Crippen molar-refractivity contribution in [1.29, 1.82) is 0 Å². The fraction of sp³-hybridized carbons (Fsp3) is 0.857. The molecule has 19 heavy (non-hydrogen) atoms. The van der Waals surface area contributed by atoms with Crippen molar-refractivity contribution in [3.05, 3.63) is 0 Å². The van der Waals surface area contributed by atoms with Crippen molar-refractivity contribution in [2.24, 2.45) is 11.8 Å². The summed E-state index contributed by atoms with van der Waals surface area (Å²) in [6, 6.07) is 0.224. The number of nitrogens with zero attached hydrogens (tertiary/aromatic N) is 1. The second-order valence-electron chi connectivity index (χ2n) is 5.70. The maximum atomic E-state index is 12.0. The first-order valence-electron chi connectivity index (χ1n) is 7.17. The van der Waals surface area contributed by atoms with Crippen molar-refractivity contribution in [3.8, 4) is 0 Å². The van der Waals surface area contributed by atoms with Crippen LogP contribution in [-0.4, -0.2) is 41.6 Å². The van der Waals surface area contributed by atoms with E-state index in [1.807, 2.05) is 7.05 Å². The molecule has 1 aliphatic carbocycles. The van der Waals surface area contributed by atoms with Gasteiger partial charge in [-0.05, 0) is 25.2 Å². The Kier molecular flexibility index (Phi) is 6.12. The zero-order valence-corrected chi connectivity index (χ0v) is 12.2. The van der Waals surface area contributed by atoms with Crippen LogP contribution in [0.5, 0.6) is 0 Å². The van der Waals surface area contributed by atoms with Crippen molar-refractivity contribution >= 4 is 12.0 Å². The third-order valence-corrected chi connectivity index (χ3v) is 4.16.